The third kappa shape index (κ3) is 7.29. The number of carboxylic acids is 1. The SMILES string of the molecule is NC(=O)CSCC(=O)O. The second-order valence-corrected chi connectivity index (χ2v) is 2.34. The molecule has 52 valence electrons. The molecule has 5 heteroatoms. The minimum Gasteiger partial charge on any atom is -0.481 e. The first-order chi connectivity index (χ1) is 4.13. The maximum Gasteiger partial charge on any atom is 0.313 e. The van der Waals surface area contributed by atoms with Gasteiger partial charge in [-0.2, -0.15) is 0 Å². The summed E-state index contributed by atoms with van der Waals surface area (Å²) >= 11 is 0.995. The van der Waals surface area contributed by atoms with Crippen LogP contribution in [0, 0.1) is 0 Å². The number of amides is 1. The van der Waals surface area contributed by atoms with Crippen LogP contribution < -0.4 is 5.73 Å². The molecule has 0 radical (unpaired) electrons. The molecule has 0 aliphatic heterocycles. The number of aliphatic carboxylic acids is 1. The predicted octanol–water partition coefficient (Wildman–Crippen LogP) is -0.711. The van der Waals surface area contributed by atoms with Crippen molar-refractivity contribution < 1.29 is 14.7 Å². The van der Waals surface area contributed by atoms with Gasteiger partial charge >= 0.3 is 5.97 Å². The predicted molar refractivity (Wildman–Crippen MR) is 34.2 cm³/mol. The van der Waals surface area contributed by atoms with Crippen LogP contribution in [0.1, 0.15) is 0 Å². The number of rotatable bonds is 4. The highest BCUT2D eigenvalue weighted by molar-refractivity contribution is 8.00. The van der Waals surface area contributed by atoms with Crippen LogP contribution in [0.3, 0.4) is 0 Å². The van der Waals surface area contributed by atoms with Gasteiger partial charge in [-0.1, -0.05) is 0 Å². The monoisotopic (exact) mass is 149 g/mol. The number of carboxylic acid groups (broad SMARTS) is 1. The molecule has 0 aliphatic rings. The molecule has 9 heavy (non-hydrogen) atoms. The Kier molecular flexibility index (Phi) is 3.87. The van der Waals surface area contributed by atoms with Crippen LogP contribution in [-0.4, -0.2) is 28.5 Å². The Morgan fingerprint density at radius 1 is 1.44 bits per heavy atom. The van der Waals surface area contributed by atoms with E-state index in [1.807, 2.05) is 0 Å². The van der Waals surface area contributed by atoms with Gasteiger partial charge in [0.2, 0.25) is 5.91 Å². The van der Waals surface area contributed by atoms with Gasteiger partial charge in [-0.25, -0.2) is 0 Å². The molecule has 3 N–H and O–H groups in total. The first-order valence-electron chi connectivity index (χ1n) is 2.20. The van der Waals surface area contributed by atoms with Gasteiger partial charge in [0.1, 0.15) is 0 Å². The van der Waals surface area contributed by atoms with Crippen molar-refractivity contribution in [3.05, 3.63) is 0 Å². The Bertz CT molecular complexity index is 111. The van der Waals surface area contributed by atoms with Crippen molar-refractivity contribution in [1.29, 1.82) is 0 Å². The van der Waals surface area contributed by atoms with Crippen LogP contribution in [0.25, 0.3) is 0 Å². The fourth-order valence-corrected chi connectivity index (χ4v) is 0.717. The number of hydrogen-bond acceptors (Lipinski definition) is 3. The summed E-state index contributed by atoms with van der Waals surface area (Å²) in [6, 6.07) is 0. The lowest BCUT2D eigenvalue weighted by Gasteiger charge is -1.90. The minimum absolute atomic E-state index is 0.0665. The number of carbonyl (C=O) groups excluding carboxylic acids is 1. The molecule has 0 aromatic rings. The molecule has 0 bridgehead atoms. The van der Waals surface area contributed by atoms with Crippen molar-refractivity contribution in [2.45, 2.75) is 0 Å². The Balaban J connectivity index is 3.10. The second-order valence-electron chi connectivity index (χ2n) is 1.35. The lowest BCUT2D eigenvalue weighted by atomic mass is 10.8. The van der Waals surface area contributed by atoms with Crippen LogP contribution >= 0.6 is 11.8 Å². The molecule has 0 rings (SSSR count). The van der Waals surface area contributed by atoms with E-state index in [4.69, 9.17) is 10.8 Å². The normalized spacial score (nSPS) is 8.89. The van der Waals surface area contributed by atoms with Crippen LogP contribution in [0.15, 0.2) is 0 Å². The molecule has 0 spiro atoms. The van der Waals surface area contributed by atoms with Crippen LogP contribution in [0.2, 0.25) is 0 Å². The molecule has 0 aliphatic carbocycles. The van der Waals surface area contributed by atoms with E-state index in [1.54, 1.807) is 0 Å². The fourth-order valence-electron chi connectivity index (χ4n) is 0.239. The molecule has 0 unspecified atom stereocenters. The molecule has 0 heterocycles. The van der Waals surface area contributed by atoms with E-state index >= 15 is 0 Å². The molecule has 0 aromatic heterocycles. The molecule has 0 saturated carbocycles. The van der Waals surface area contributed by atoms with Crippen LogP contribution in [0.4, 0.5) is 0 Å². The summed E-state index contributed by atoms with van der Waals surface area (Å²) in [6.07, 6.45) is 0. The molecule has 0 fully saturated rings. The van der Waals surface area contributed by atoms with Gasteiger partial charge in [-0.05, 0) is 0 Å². The molecule has 1 amide bonds. The van der Waals surface area contributed by atoms with Gasteiger partial charge in [-0.15, -0.1) is 11.8 Å². The lowest BCUT2D eigenvalue weighted by molar-refractivity contribution is -0.133. The molecular formula is C4H7NO3S. The summed E-state index contributed by atoms with van der Waals surface area (Å²) in [5.41, 5.74) is 4.73. The average Bonchev–Trinajstić information content (AvgIpc) is 1.63. The quantitative estimate of drug-likeness (QED) is 0.553. The zero-order valence-corrected chi connectivity index (χ0v) is 5.48. The molecule has 0 aromatic carbocycles. The highest BCUT2D eigenvalue weighted by Gasteiger charge is 1.98. The summed E-state index contributed by atoms with van der Waals surface area (Å²) < 4.78 is 0. The van der Waals surface area contributed by atoms with Gasteiger partial charge in [0.15, 0.2) is 0 Å². The summed E-state index contributed by atoms with van der Waals surface area (Å²) in [5, 5.41) is 8.05. The number of thioether (sulfide) groups is 1. The maximum absolute atomic E-state index is 9.99. The van der Waals surface area contributed by atoms with Crippen molar-refractivity contribution in [1.82, 2.24) is 0 Å². The van der Waals surface area contributed by atoms with E-state index in [0.717, 1.165) is 11.8 Å². The van der Waals surface area contributed by atoms with Gasteiger partial charge in [0.25, 0.3) is 0 Å². The highest BCUT2D eigenvalue weighted by atomic mass is 32.2. The van der Waals surface area contributed by atoms with Gasteiger partial charge in [0.05, 0.1) is 11.5 Å². The van der Waals surface area contributed by atoms with Crippen molar-refractivity contribution in [3.63, 3.8) is 0 Å². The first-order valence-corrected chi connectivity index (χ1v) is 3.36. The van der Waals surface area contributed by atoms with E-state index in [2.05, 4.69) is 0 Å². The summed E-state index contributed by atoms with van der Waals surface area (Å²) in [6.45, 7) is 0. The summed E-state index contributed by atoms with van der Waals surface area (Å²) in [5.74, 6) is -1.41. The number of primary amides is 1. The van der Waals surface area contributed by atoms with Crippen molar-refractivity contribution in [2.24, 2.45) is 5.73 Å². The van der Waals surface area contributed by atoms with E-state index in [9.17, 15) is 9.59 Å². The fraction of sp³-hybridized carbons (Fsp3) is 0.500. The molecular weight excluding hydrogens is 142 g/mol. The van der Waals surface area contributed by atoms with E-state index in [-0.39, 0.29) is 11.5 Å². The Morgan fingerprint density at radius 3 is 2.33 bits per heavy atom. The number of carbonyl (C=O) groups is 2. The Labute approximate surface area is 56.4 Å². The number of hydrogen-bond donors (Lipinski definition) is 2. The zero-order valence-electron chi connectivity index (χ0n) is 4.66. The van der Waals surface area contributed by atoms with Crippen molar-refractivity contribution in [3.8, 4) is 0 Å². The maximum atomic E-state index is 9.99. The topological polar surface area (TPSA) is 80.4 Å². The zero-order chi connectivity index (χ0) is 7.28. The van der Waals surface area contributed by atoms with Crippen molar-refractivity contribution >= 4 is 23.6 Å². The van der Waals surface area contributed by atoms with E-state index in [0.29, 0.717) is 0 Å². The van der Waals surface area contributed by atoms with Crippen molar-refractivity contribution in [2.75, 3.05) is 11.5 Å². The molecule has 0 atom stereocenters. The molecule has 0 saturated heterocycles. The smallest absolute Gasteiger partial charge is 0.313 e. The lowest BCUT2D eigenvalue weighted by Crippen LogP contribution is -2.14. The van der Waals surface area contributed by atoms with Gasteiger partial charge in [-0.3, -0.25) is 9.59 Å². The average molecular weight is 149 g/mol. The van der Waals surface area contributed by atoms with E-state index < -0.39 is 11.9 Å². The minimum atomic E-state index is -0.929. The molecule has 4 nitrogen and oxygen atoms in total. The third-order valence-corrected chi connectivity index (χ3v) is 1.41. The Morgan fingerprint density at radius 2 is 2.00 bits per heavy atom. The Hall–Kier alpha value is -0.710. The van der Waals surface area contributed by atoms with E-state index in [1.165, 1.54) is 0 Å². The van der Waals surface area contributed by atoms with Gasteiger partial charge < -0.3 is 10.8 Å². The standard InChI is InChI=1S/C4H7NO3S/c5-3(6)1-9-2-4(7)8/h1-2H2,(H2,5,6)(H,7,8). The van der Waals surface area contributed by atoms with Crippen LogP contribution in [0.5, 0.6) is 0 Å². The van der Waals surface area contributed by atoms with Crippen LogP contribution in [-0.2, 0) is 9.59 Å². The third-order valence-electron chi connectivity index (χ3n) is 0.470. The largest absolute Gasteiger partial charge is 0.481 e. The second kappa shape index (κ2) is 4.20. The first kappa shape index (κ1) is 8.29. The number of nitrogens with two attached hydrogens (primary N) is 1. The summed E-state index contributed by atoms with van der Waals surface area (Å²) in [7, 11) is 0. The highest BCUT2D eigenvalue weighted by Crippen LogP contribution is 1.96. The summed E-state index contributed by atoms with van der Waals surface area (Å²) in [4.78, 5) is 19.8. The van der Waals surface area contributed by atoms with Gasteiger partial charge in [0, 0.05) is 0 Å².